The molecule has 1 aromatic rings. The average molecular weight is 360 g/mol. The predicted octanol–water partition coefficient (Wildman–Crippen LogP) is 1.75. The summed E-state index contributed by atoms with van der Waals surface area (Å²) >= 11 is 3.14. The first-order chi connectivity index (χ1) is 9.87. The zero-order valence-corrected chi connectivity index (χ0v) is 14.2. The van der Waals surface area contributed by atoms with Gasteiger partial charge in [0.15, 0.2) is 10.4 Å². The molecule has 21 heavy (non-hydrogen) atoms. The van der Waals surface area contributed by atoms with Crippen molar-refractivity contribution in [3.05, 3.63) is 22.6 Å². The number of nitrogens with zero attached hydrogens (tertiary/aromatic N) is 1. The summed E-state index contributed by atoms with van der Waals surface area (Å²) in [5.74, 6) is -0.388. The van der Waals surface area contributed by atoms with Crippen LogP contribution in [-0.2, 0) is 4.79 Å². The number of carbonyl (C=O) groups excluding carboxylic acids is 2. The Hall–Kier alpha value is -1.34. The molecule has 0 bridgehead atoms. The molecule has 0 aromatic carbocycles. The number of nitrogens with one attached hydrogen (secondary N) is 1. The first-order valence-corrected chi connectivity index (χ1v) is 7.68. The third-order valence-corrected chi connectivity index (χ3v) is 4.09. The van der Waals surface area contributed by atoms with Crippen LogP contribution < -0.4 is 11.1 Å². The van der Waals surface area contributed by atoms with Crippen molar-refractivity contribution in [2.75, 3.05) is 20.1 Å². The van der Waals surface area contributed by atoms with E-state index in [2.05, 4.69) is 21.2 Å². The molecule has 1 heterocycles. The molecule has 0 aliphatic carbocycles. The quantitative estimate of drug-likeness (QED) is 0.775. The molecule has 0 fully saturated rings. The van der Waals surface area contributed by atoms with Crippen LogP contribution in [0.15, 0.2) is 21.2 Å². The van der Waals surface area contributed by atoms with Gasteiger partial charge in [-0.05, 0) is 40.9 Å². The summed E-state index contributed by atoms with van der Waals surface area (Å²) in [6.45, 7) is 4.28. The van der Waals surface area contributed by atoms with E-state index in [-0.39, 0.29) is 24.1 Å². The number of halogens is 1. The van der Waals surface area contributed by atoms with Crippen molar-refractivity contribution in [3.63, 3.8) is 0 Å². The molecule has 0 saturated heterocycles. The first kappa shape index (κ1) is 17.7. The molecule has 2 amide bonds. The highest BCUT2D eigenvalue weighted by Gasteiger charge is 2.27. The third kappa shape index (κ3) is 4.57. The number of likely N-dealkylation sites (N-methyl/N-ethyl adjacent to an activating group) is 1. The Morgan fingerprint density at radius 1 is 1.38 bits per heavy atom. The summed E-state index contributed by atoms with van der Waals surface area (Å²) in [4.78, 5) is 25.5. The van der Waals surface area contributed by atoms with Crippen LogP contribution in [-0.4, -0.2) is 42.4 Å². The van der Waals surface area contributed by atoms with Crippen molar-refractivity contribution in [3.8, 4) is 0 Å². The van der Waals surface area contributed by atoms with E-state index in [1.165, 1.54) is 4.90 Å². The highest BCUT2D eigenvalue weighted by Crippen LogP contribution is 2.16. The fourth-order valence-electron chi connectivity index (χ4n) is 2.01. The van der Waals surface area contributed by atoms with Gasteiger partial charge in [-0.15, -0.1) is 0 Å². The van der Waals surface area contributed by atoms with Crippen molar-refractivity contribution in [1.29, 1.82) is 0 Å². The Bertz CT molecular complexity index is 489. The van der Waals surface area contributed by atoms with E-state index >= 15 is 0 Å². The van der Waals surface area contributed by atoms with E-state index in [1.54, 1.807) is 19.2 Å². The Labute approximate surface area is 133 Å². The molecule has 118 valence electrons. The summed E-state index contributed by atoms with van der Waals surface area (Å²) in [6, 6.07) is 3.19. The number of carbonyl (C=O) groups is 2. The highest BCUT2D eigenvalue weighted by atomic mass is 79.9. The van der Waals surface area contributed by atoms with E-state index in [0.717, 1.165) is 12.8 Å². The number of hydrogen-bond donors (Lipinski definition) is 2. The van der Waals surface area contributed by atoms with Gasteiger partial charge in [0.05, 0.1) is 12.1 Å². The van der Waals surface area contributed by atoms with E-state index < -0.39 is 5.54 Å². The summed E-state index contributed by atoms with van der Waals surface area (Å²) in [7, 11) is 1.56. The van der Waals surface area contributed by atoms with Gasteiger partial charge in [-0.3, -0.25) is 9.59 Å². The van der Waals surface area contributed by atoms with Gasteiger partial charge in [0.25, 0.3) is 5.91 Å². The summed E-state index contributed by atoms with van der Waals surface area (Å²) < 4.78 is 5.66. The second-order valence-electron chi connectivity index (χ2n) is 5.00. The smallest absolute Gasteiger partial charge is 0.289 e. The molecule has 0 unspecified atom stereocenters. The molecule has 0 spiro atoms. The fourth-order valence-corrected chi connectivity index (χ4v) is 2.31. The number of nitrogens with two attached hydrogens (primary N) is 1. The second kappa shape index (κ2) is 7.61. The van der Waals surface area contributed by atoms with Crippen molar-refractivity contribution >= 4 is 27.7 Å². The molecular formula is C14H22BrN3O3. The standard InChI is InChI=1S/C14H22BrN3O3/c1-4-14(5-2,9-16)17-12(19)8-18(3)13(20)10-6-7-11(15)21-10/h6-7H,4-5,8-9,16H2,1-3H3,(H,17,19). The zero-order chi connectivity index (χ0) is 16.0. The molecule has 0 aliphatic heterocycles. The van der Waals surface area contributed by atoms with Crippen LogP contribution in [0, 0.1) is 0 Å². The molecule has 0 atom stereocenters. The Kier molecular flexibility index (Phi) is 6.42. The topological polar surface area (TPSA) is 88.6 Å². The molecule has 7 heteroatoms. The highest BCUT2D eigenvalue weighted by molar-refractivity contribution is 9.10. The van der Waals surface area contributed by atoms with Gasteiger partial charge < -0.3 is 20.4 Å². The van der Waals surface area contributed by atoms with Gasteiger partial charge in [0, 0.05) is 13.6 Å². The lowest BCUT2D eigenvalue weighted by Crippen LogP contribution is -2.55. The van der Waals surface area contributed by atoms with Crippen molar-refractivity contribution in [1.82, 2.24) is 10.2 Å². The number of amides is 2. The molecule has 0 aliphatic rings. The fraction of sp³-hybridized carbons (Fsp3) is 0.571. The summed E-state index contributed by atoms with van der Waals surface area (Å²) in [6.07, 6.45) is 1.49. The lowest BCUT2D eigenvalue weighted by molar-refractivity contribution is -0.123. The monoisotopic (exact) mass is 359 g/mol. The van der Waals surface area contributed by atoms with Crippen LogP contribution in [0.4, 0.5) is 0 Å². The predicted molar refractivity (Wildman–Crippen MR) is 83.9 cm³/mol. The van der Waals surface area contributed by atoms with Crippen LogP contribution in [0.25, 0.3) is 0 Å². The minimum atomic E-state index is -0.408. The lowest BCUT2D eigenvalue weighted by Gasteiger charge is -2.32. The van der Waals surface area contributed by atoms with E-state index in [9.17, 15) is 9.59 Å². The van der Waals surface area contributed by atoms with Gasteiger partial charge in [-0.2, -0.15) is 0 Å². The molecule has 1 aromatic heterocycles. The van der Waals surface area contributed by atoms with E-state index in [0.29, 0.717) is 11.2 Å². The van der Waals surface area contributed by atoms with Crippen LogP contribution >= 0.6 is 15.9 Å². The van der Waals surface area contributed by atoms with Crippen molar-refractivity contribution < 1.29 is 14.0 Å². The molecule has 6 nitrogen and oxygen atoms in total. The number of furan rings is 1. The average Bonchev–Trinajstić information content (AvgIpc) is 2.90. The van der Waals surface area contributed by atoms with Crippen LogP contribution in [0.1, 0.15) is 37.2 Å². The van der Waals surface area contributed by atoms with Gasteiger partial charge in [0.1, 0.15) is 0 Å². The van der Waals surface area contributed by atoms with Gasteiger partial charge in [0.2, 0.25) is 5.91 Å². The Morgan fingerprint density at radius 2 is 2.00 bits per heavy atom. The van der Waals surface area contributed by atoms with Gasteiger partial charge in [-0.1, -0.05) is 13.8 Å². The largest absolute Gasteiger partial charge is 0.444 e. The van der Waals surface area contributed by atoms with Crippen LogP contribution in [0.3, 0.4) is 0 Å². The van der Waals surface area contributed by atoms with E-state index in [4.69, 9.17) is 10.2 Å². The Morgan fingerprint density at radius 3 is 2.43 bits per heavy atom. The molecule has 1 rings (SSSR count). The van der Waals surface area contributed by atoms with Crippen molar-refractivity contribution in [2.24, 2.45) is 5.73 Å². The Balaban J connectivity index is 2.63. The zero-order valence-electron chi connectivity index (χ0n) is 12.6. The van der Waals surface area contributed by atoms with Gasteiger partial charge >= 0.3 is 0 Å². The summed E-state index contributed by atoms with van der Waals surface area (Å²) in [5, 5.41) is 2.92. The SMILES string of the molecule is CCC(CC)(CN)NC(=O)CN(C)C(=O)c1ccc(Br)o1. The maximum Gasteiger partial charge on any atom is 0.289 e. The lowest BCUT2D eigenvalue weighted by atomic mass is 9.93. The third-order valence-electron chi connectivity index (χ3n) is 3.66. The second-order valence-corrected chi connectivity index (χ2v) is 5.79. The minimum Gasteiger partial charge on any atom is -0.444 e. The normalized spacial score (nSPS) is 11.3. The van der Waals surface area contributed by atoms with Crippen molar-refractivity contribution in [2.45, 2.75) is 32.2 Å². The molecule has 0 saturated carbocycles. The number of rotatable bonds is 7. The molecule has 0 radical (unpaired) electrons. The first-order valence-electron chi connectivity index (χ1n) is 6.89. The molecule has 3 N–H and O–H groups in total. The summed E-state index contributed by atoms with van der Waals surface area (Å²) in [5.41, 5.74) is 5.34. The maximum atomic E-state index is 12.1. The van der Waals surface area contributed by atoms with Crippen LogP contribution in [0.2, 0.25) is 0 Å². The van der Waals surface area contributed by atoms with E-state index in [1.807, 2.05) is 13.8 Å². The molecular weight excluding hydrogens is 338 g/mol. The number of hydrogen-bond acceptors (Lipinski definition) is 4. The van der Waals surface area contributed by atoms with Crippen LogP contribution in [0.5, 0.6) is 0 Å². The van der Waals surface area contributed by atoms with Gasteiger partial charge in [-0.25, -0.2) is 0 Å². The maximum absolute atomic E-state index is 12.1. The minimum absolute atomic E-state index is 0.0428.